The van der Waals surface area contributed by atoms with Crippen LogP contribution in [-0.2, 0) is 4.79 Å². The zero-order chi connectivity index (χ0) is 13.8. The van der Waals surface area contributed by atoms with Crippen molar-refractivity contribution >= 4 is 40.3 Å². The first-order valence-corrected chi connectivity index (χ1v) is 7.18. The van der Waals surface area contributed by atoms with Gasteiger partial charge in [0.05, 0.1) is 5.92 Å². The number of carbonyl (C=O) groups is 2. The normalized spacial score (nSPS) is 19.0. The lowest BCUT2D eigenvalue weighted by molar-refractivity contribution is -0.143. The van der Waals surface area contributed by atoms with E-state index in [0.717, 1.165) is 15.7 Å². The summed E-state index contributed by atoms with van der Waals surface area (Å²) in [6.07, 6.45) is 1.37. The molecule has 5 nitrogen and oxygen atoms in total. The number of rotatable bonds is 2. The monoisotopic (exact) mass is 374 g/mol. The van der Waals surface area contributed by atoms with Gasteiger partial charge in [-0.15, -0.1) is 0 Å². The molecule has 2 amide bonds. The van der Waals surface area contributed by atoms with Gasteiger partial charge in [0, 0.05) is 22.3 Å². The van der Waals surface area contributed by atoms with E-state index in [0.29, 0.717) is 13.0 Å². The Morgan fingerprint density at radius 1 is 1.42 bits per heavy atom. The molecule has 19 heavy (non-hydrogen) atoms. The Morgan fingerprint density at radius 3 is 2.89 bits per heavy atom. The Morgan fingerprint density at radius 2 is 2.21 bits per heavy atom. The van der Waals surface area contributed by atoms with Crippen molar-refractivity contribution in [2.75, 3.05) is 18.4 Å². The lowest BCUT2D eigenvalue weighted by atomic mass is 9.99. The Hall–Kier alpha value is -1.31. The topological polar surface area (TPSA) is 69.6 Å². The van der Waals surface area contributed by atoms with Crippen LogP contribution in [0.5, 0.6) is 0 Å². The van der Waals surface area contributed by atoms with E-state index in [2.05, 4.69) is 27.9 Å². The van der Waals surface area contributed by atoms with Crippen molar-refractivity contribution in [3.8, 4) is 0 Å². The lowest BCUT2D eigenvalue weighted by Crippen LogP contribution is -2.44. The quantitative estimate of drug-likeness (QED) is 0.782. The molecule has 1 fully saturated rings. The van der Waals surface area contributed by atoms with Crippen LogP contribution in [0.1, 0.15) is 12.8 Å². The number of carbonyl (C=O) groups excluding carboxylic acids is 1. The highest BCUT2D eigenvalue weighted by atomic mass is 127. The number of hydrogen-bond donors (Lipinski definition) is 2. The fourth-order valence-electron chi connectivity index (χ4n) is 2.13. The van der Waals surface area contributed by atoms with Crippen LogP contribution < -0.4 is 5.32 Å². The number of likely N-dealkylation sites (tertiary alicyclic amines) is 1. The summed E-state index contributed by atoms with van der Waals surface area (Å²) < 4.78 is 1.04. The number of halogens is 1. The minimum absolute atomic E-state index is 0.229. The Balaban J connectivity index is 1.98. The number of urea groups is 1. The molecule has 0 saturated carbocycles. The van der Waals surface area contributed by atoms with E-state index in [1.54, 1.807) is 4.90 Å². The Labute approximate surface area is 125 Å². The van der Waals surface area contributed by atoms with Gasteiger partial charge in [0.1, 0.15) is 0 Å². The van der Waals surface area contributed by atoms with Gasteiger partial charge in [-0.25, -0.2) is 4.79 Å². The summed E-state index contributed by atoms with van der Waals surface area (Å²) in [5, 5.41) is 11.8. The molecule has 0 radical (unpaired) electrons. The highest BCUT2D eigenvalue weighted by Gasteiger charge is 2.28. The summed E-state index contributed by atoms with van der Waals surface area (Å²) in [6, 6.07) is 7.27. The van der Waals surface area contributed by atoms with Gasteiger partial charge in [-0.05, 0) is 53.6 Å². The van der Waals surface area contributed by atoms with Crippen molar-refractivity contribution in [2.45, 2.75) is 12.8 Å². The molecule has 0 spiro atoms. The van der Waals surface area contributed by atoms with Crippen molar-refractivity contribution in [1.82, 2.24) is 4.90 Å². The van der Waals surface area contributed by atoms with Gasteiger partial charge in [-0.1, -0.05) is 6.07 Å². The van der Waals surface area contributed by atoms with Crippen LogP contribution in [0.4, 0.5) is 10.5 Å². The van der Waals surface area contributed by atoms with E-state index in [-0.39, 0.29) is 12.6 Å². The summed E-state index contributed by atoms with van der Waals surface area (Å²) in [7, 11) is 0. The van der Waals surface area contributed by atoms with Gasteiger partial charge in [0.25, 0.3) is 0 Å². The molecular weight excluding hydrogens is 359 g/mol. The maximum atomic E-state index is 12.1. The summed E-state index contributed by atoms with van der Waals surface area (Å²) in [5.74, 6) is -1.28. The molecule has 2 N–H and O–H groups in total. The van der Waals surface area contributed by atoms with Crippen LogP contribution in [-0.4, -0.2) is 35.1 Å². The van der Waals surface area contributed by atoms with Crippen molar-refractivity contribution in [1.29, 1.82) is 0 Å². The average Bonchev–Trinajstić information content (AvgIpc) is 2.39. The van der Waals surface area contributed by atoms with Gasteiger partial charge in [-0.2, -0.15) is 0 Å². The number of nitrogens with zero attached hydrogens (tertiary/aromatic N) is 1. The maximum Gasteiger partial charge on any atom is 0.321 e. The summed E-state index contributed by atoms with van der Waals surface area (Å²) >= 11 is 2.18. The third-order valence-corrected chi connectivity index (χ3v) is 3.80. The minimum Gasteiger partial charge on any atom is -0.481 e. The Kier molecular flexibility index (Phi) is 4.62. The van der Waals surface area contributed by atoms with Crippen LogP contribution in [0.15, 0.2) is 24.3 Å². The molecule has 102 valence electrons. The number of aliphatic carboxylic acids is 1. The average molecular weight is 374 g/mol. The third-order valence-electron chi connectivity index (χ3n) is 3.13. The van der Waals surface area contributed by atoms with Gasteiger partial charge >= 0.3 is 12.0 Å². The largest absolute Gasteiger partial charge is 0.481 e. The zero-order valence-electron chi connectivity index (χ0n) is 10.3. The first-order valence-electron chi connectivity index (χ1n) is 6.10. The highest BCUT2D eigenvalue weighted by molar-refractivity contribution is 14.1. The smallest absolute Gasteiger partial charge is 0.321 e. The minimum atomic E-state index is -0.827. The van der Waals surface area contributed by atoms with Gasteiger partial charge < -0.3 is 15.3 Å². The zero-order valence-corrected chi connectivity index (χ0v) is 12.5. The molecule has 1 heterocycles. The fraction of sp³-hybridized carbons (Fsp3) is 0.385. The van der Waals surface area contributed by atoms with Crippen molar-refractivity contribution in [2.24, 2.45) is 5.92 Å². The SMILES string of the molecule is O=C(O)C1CCCN(C(=O)Nc2cccc(I)c2)C1. The van der Waals surface area contributed by atoms with Crippen molar-refractivity contribution in [3.63, 3.8) is 0 Å². The van der Waals surface area contributed by atoms with Gasteiger partial charge in [0.2, 0.25) is 0 Å². The molecule has 1 aliphatic heterocycles. The predicted octanol–water partition coefficient (Wildman–Crippen LogP) is 2.62. The van der Waals surface area contributed by atoms with E-state index in [1.807, 2.05) is 24.3 Å². The van der Waals surface area contributed by atoms with Gasteiger partial charge in [-0.3, -0.25) is 4.79 Å². The van der Waals surface area contributed by atoms with E-state index < -0.39 is 11.9 Å². The van der Waals surface area contributed by atoms with Crippen LogP contribution in [0.3, 0.4) is 0 Å². The molecule has 1 aliphatic rings. The van der Waals surface area contributed by atoms with E-state index in [9.17, 15) is 9.59 Å². The van der Waals surface area contributed by atoms with E-state index in [1.165, 1.54) is 0 Å². The molecule has 6 heteroatoms. The van der Waals surface area contributed by atoms with E-state index >= 15 is 0 Å². The number of piperidine rings is 1. The van der Waals surface area contributed by atoms with Crippen LogP contribution >= 0.6 is 22.6 Å². The second-order valence-electron chi connectivity index (χ2n) is 4.56. The highest BCUT2D eigenvalue weighted by Crippen LogP contribution is 2.18. The lowest BCUT2D eigenvalue weighted by Gasteiger charge is -2.30. The van der Waals surface area contributed by atoms with Crippen LogP contribution in [0.2, 0.25) is 0 Å². The molecule has 0 aromatic heterocycles. The molecule has 2 rings (SSSR count). The molecule has 1 saturated heterocycles. The Bertz CT molecular complexity index is 493. The fourth-order valence-corrected chi connectivity index (χ4v) is 2.68. The standard InChI is InChI=1S/C13H15IN2O3/c14-10-4-1-5-11(7-10)15-13(19)16-6-2-3-9(8-16)12(17)18/h1,4-5,7,9H,2-3,6,8H2,(H,15,19)(H,17,18). The first-order chi connectivity index (χ1) is 9.06. The second kappa shape index (κ2) is 6.23. The third kappa shape index (κ3) is 3.82. The molecule has 1 atom stereocenters. The number of amides is 2. The molecule has 1 aromatic rings. The number of hydrogen-bond acceptors (Lipinski definition) is 2. The first kappa shape index (κ1) is 14.1. The van der Waals surface area contributed by atoms with Crippen molar-refractivity contribution < 1.29 is 14.7 Å². The second-order valence-corrected chi connectivity index (χ2v) is 5.81. The summed E-state index contributed by atoms with van der Waals surface area (Å²) in [4.78, 5) is 24.6. The number of carboxylic acids is 1. The molecular formula is C13H15IN2O3. The van der Waals surface area contributed by atoms with Crippen molar-refractivity contribution in [3.05, 3.63) is 27.8 Å². The number of carboxylic acid groups (broad SMARTS) is 1. The number of anilines is 1. The number of nitrogens with one attached hydrogen (secondary N) is 1. The molecule has 1 aromatic carbocycles. The van der Waals surface area contributed by atoms with Crippen LogP contribution in [0, 0.1) is 9.49 Å². The molecule has 0 aliphatic carbocycles. The summed E-state index contributed by atoms with van der Waals surface area (Å²) in [5.41, 5.74) is 0.731. The maximum absolute atomic E-state index is 12.1. The summed E-state index contributed by atoms with van der Waals surface area (Å²) in [6.45, 7) is 0.893. The molecule has 1 unspecified atom stereocenters. The predicted molar refractivity (Wildman–Crippen MR) is 80.1 cm³/mol. The number of benzene rings is 1. The van der Waals surface area contributed by atoms with Crippen LogP contribution in [0.25, 0.3) is 0 Å². The van der Waals surface area contributed by atoms with Gasteiger partial charge in [0.15, 0.2) is 0 Å². The molecule has 0 bridgehead atoms. The van der Waals surface area contributed by atoms with E-state index in [4.69, 9.17) is 5.11 Å².